The maximum atomic E-state index is 12.3. The first-order chi connectivity index (χ1) is 12.5. The summed E-state index contributed by atoms with van der Waals surface area (Å²) in [6.45, 7) is 2.69. The second-order valence-electron chi connectivity index (χ2n) is 6.06. The Morgan fingerprint density at radius 3 is 2.81 bits per heavy atom. The van der Waals surface area contributed by atoms with Crippen LogP contribution >= 0.6 is 0 Å². The van der Waals surface area contributed by atoms with E-state index in [9.17, 15) is 9.59 Å². The van der Waals surface area contributed by atoms with Crippen LogP contribution in [0.3, 0.4) is 0 Å². The van der Waals surface area contributed by atoms with E-state index in [0.29, 0.717) is 42.5 Å². The van der Waals surface area contributed by atoms with Gasteiger partial charge >= 0.3 is 5.63 Å². The number of amides is 1. The van der Waals surface area contributed by atoms with Crippen LogP contribution in [0.15, 0.2) is 45.6 Å². The number of aryl methyl sites for hydroxylation is 1. The van der Waals surface area contributed by atoms with Crippen LogP contribution in [0.4, 0.5) is 0 Å². The zero-order valence-corrected chi connectivity index (χ0v) is 14.8. The van der Waals surface area contributed by atoms with E-state index in [0.717, 1.165) is 0 Å². The Morgan fingerprint density at radius 1 is 1.23 bits per heavy atom. The van der Waals surface area contributed by atoms with Crippen molar-refractivity contribution in [3.63, 3.8) is 0 Å². The lowest BCUT2D eigenvalue weighted by Gasteiger charge is -2.17. The van der Waals surface area contributed by atoms with E-state index in [-0.39, 0.29) is 18.6 Å². The van der Waals surface area contributed by atoms with Crippen molar-refractivity contribution in [2.24, 2.45) is 0 Å². The average molecular weight is 359 g/mol. The van der Waals surface area contributed by atoms with Crippen LogP contribution < -0.4 is 19.8 Å². The number of likely N-dealkylation sites (tertiary alicyclic amines) is 1. The highest BCUT2D eigenvalue weighted by Crippen LogP contribution is 2.20. The van der Waals surface area contributed by atoms with E-state index in [1.54, 1.807) is 43.2 Å². The molecule has 0 saturated carbocycles. The third kappa shape index (κ3) is 4.56. The highest BCUT2D eigenvalue weighted by Gasteiger charge is 2.28. The second kappa shape index (κ2) is 7.95. The van der Waals surface area contributed by atoms with E-state index in [4.69, 9.17) is 18.6 Å². The maximum Gasteiger partial charge on any atom is 0.339 e. The van der Waals surface area contributed by atoms with Crippen molar-refractivity contribution in [3.05, 3.63) is 52.6 Å². The minimum absolute atomic E-state index is 0.0477. The summed E-state index contributed by atoms with van der Waals surface area (Å²) in [7, 11) is 1.58. The number of hydrogen-bond acceptors (Lipinski definition) is 6. The Bertz CT molecular complexity index is 831. The summed E-state index contributed by atoms with van der Waals surface area (Å²) < 4.78 is 21.4. The Hall–Kier alpha value is -2.96. The van der Waals surface area contributed by atoms with Gasteiger partial charge in [0.15, 0.2) is 6.61 Å². The van der Waals surface area contributed by atoms with Gasteiger partial charge in [-0.15, -0.1) is 0 Å². The van der Waals surface area contributed by atoms with Crippen molar-refractivity contribution < 1.29 is 23.4 Å². The third-order valence-electron chi connectivity index (χ3n) is 4.07. The van der Waals surface area contributed by atoms with E-state index >= 15 is 0 Å². The molecule has 1 saturated heterocycles. The molecule has 0 spiro atoms. The lowest BCUT2D eigenvalue weighted by Crippen LogP contribution is -2.34. The fourth-order valence-corrected chi connectivity index (χ4v) is 2.81. The summed E-state index contributed by atoms with van der Waals surface area (Å²) >= 11 is 0. The summed E-state index contributed by atoms with van der Waals surface area (Å²) in [5.41, 5.74) is -0.447. The number of methoxy groups -OCH3 is 1. The number of nitrogens with zero attached hydrogens (tertiary/aromatic N) is 1. The van der Waals surface area contributed by atoms with E-state index in [2.05, 4.69) is 0 Å². The predicted molar refractivity (Wildman–Crippen MR) is 93.8 cm³/mol. The second-order valence-corrected chi connectivity index (χ2v) is 6.06. The number of benzene rings is 1. The Balaban J connectivity index is 1.51. The van der Waals surface area contributed by atoms with E-state index in [1.807, 2.05) is 6.07 Å². The van der Waals surface area contributed by atoms with Crippen molar-refractivity contribution in [2.75, 3.05) is 26.8 Å². The molecule has 0 aliphatic carbocycles. The summed E-state index contributed by atoms with van der Waals surface area (Å²) in [5, 5.41) is 0. The molecule has 3 rings (SSSR count). The van der Waals surface area contributed by atoms with Gasteiger partial charge in [-0.2, -0.15) is 0 Å². The summed E-state index contributed by atoms with van der Waals surface area (Å²) in [5.74, 6) is 2.10. The Kier molecular flexibility index (Phi) is 5.46. The molecule has 7 nitrogen and oxygen atoms in total. The van der Waals surface area contributed by atoms with Crippen LogP contribution in [0.5, 0.6) is 17.2 Å². The van der Waals surface area contributed by atoms with Gasteiger partial charge in [-0.25, -0.2) is 4.79 Å². The van der Waals surface area contributed by atoms with Gasteiger partial charge in [0.25, 0.3) is 5.91 Å². The van der Waals surface area contributed by atoms with Gasteiger partial charge in [0.2, 0.25) is 0 Å². The van der Waals surface area contributed by atoms with Crippen LogP contribution in [0, 0.1) is 6.92 Å². The first kappa shape index (κ1) is 17.8. The molecule has 0 N–H and O–H groups in total. The Morgan fingerprint density at radius 2 is 2.04 bits per heavy atom. The summed E-state index contributed by atoms with van der Waals surface area (Å²) in [6, 6.07) is 10.1. The van der Waals surface area contributed by atoms with Crippen molar-refractivity contribution >= 4 is 5.91 Å². The molecular formula is C19H21NO6. The van der Waals surface area contributed by atoms with Crippen LogP contribution in [0.25, 0.3) is 0 Å². The monoisotopic (exact) mass is 359 g/mol. The average Bonchev–Trinajstić information content (AvgIpc) is 3.07. The largest absolute Gasteiger partial charge is 0.497 e. The fraction of sp³-hybridized carbons (Fsp3) is 0.368. The molecule has 1 aliphatic heterocycles. The quantitative estimate of drug-likeness (QED) is 0.785. The fourth-order valence-electron chi connectivity index (χ4n) is 2.81. The highest BCUT2D eigenvalue weighted by atomic mass is 16.5. The molecule has 7 heteroatoms. The smallest absolute Gasteiger partial charge is 0.339 e. The molecule has 1 aliphatic rings. The van der Waals surface area contributed by atoms with Crippen molar-refractivity contribution in [1.29, 1.82) is 0 Å². The molecule has 1 amide bonds. The zero-order chi connectivity index (χ0) is 18.5. The van der Waals surface area contributed by atoms with Gasteiger partial charge < -0.3 is 23.5 Å². The molecule has 0 bridgehead atoms. The lowest BCUT2D eigenvalue weighted by molar-refractivity contribution is -0.132. The van der Waals surface area contributed by atoms with Gasteiger partial charge in [-0.3, -0.25) is 4.79 Å². The van der Waals surface area contributed by atoms with Gasteiger partial charge in [-0.05, 0) is 19.1 Å². The van der Waals surface area contributed by atoms with Crippen LogP contribution in [0.2, 0.25) is 0 Å². The van der Waals surface area contributed by atoms with Crippen LogP contribution in [-0.2, 0) is 4.79 Å². The standard InChI is InChI=1S/C19H21NO6/c1-13-8-17(10-19(22)25-13)26-16-6-7-20(11-16)18(21)12-24-15-5-3-4-14(9-15)23-2/h3-5,8-10,16H,6-7,11-12H2,1-2H3. The molecule has 1 atom stereocenters. The normalized spacial score (nSPS) is 16.4. The zero-order valence-electron chi connectivity index (χ0n) is 14.8. The van der Waals surface area contributed by atoms with Gasteiger partial charge in [0, 0.05) is 25.1 Å². The number of carbonyl (C=O) groups excluding carboxylic acids is 1. The van der Waals surface area contributed by atoms with Crippen molar-refractivity contribution in [3.8, 4) is 17.2 Å². The molecule has 26 heavy (non-hydrogen) atoms. The van der Waals surface area contributed by atoms with Gasteiger partial charge in [0.05, 0.1) is 19.7 Å². The number of rotatable bonds is 6. The topological polar surface area (TPSA) is 78.2 Å². The van der Waals surface area contributed by atoms with E-state index in [1.165, 1.54) is 6.07 Å². The molecule has 138 valence electrons. The first-order valence-corrected chi connectivity index (χ1v) is 8.36. The third-order valence-corrected chi connectivity index (χ3v) is 4.07. The minimum atomic E-state index is -0.447. The Labute approximate surface area is 151 Å². The summed E-state index contributed by atoms with van der Waals surface area (Å²) in [4.78, 5) is 25.4. The van der Waals surface area contributed by atoms with E-state index < -0.39 is 5.63 Å². The number of hydrogen-bond donors (Lipinski definition) is 0. The molecule has 1 fully saturated rings. The number of carbonyl (C=O) groups is 1. The minimum Gasteiger partial charge on any atom is -0.497 e. The molecule has 1 unspecified atom stereocenters. The molecule has 2 aromatic rings. The van der Waals surface area contributed by atoms with Crippen LogP contribution in [-0.4, -0.2) is 43.7 Å². The molecule has 2 heterocycles. The summed E-state index contributed by atoms with van der Waals surface area (Å²) in [6.07, 6.45) is 0.543. The van der Waals surface area contributed by atoms with Crippen LogP contribution in [0.1, 0.15) is 12.2 Å². The lowest BCUT2D eigenvalue weighted by atomic mass is 10.3. The first-order valence-electron chi connectivity index (χ1n) is 8.36. The van der Waals surface area contributed by atoms with Crippen molar-refractivity contribution in [2.45, 2.75) is 19.4 Å². The maximum absolute atomic E-state index is 12.3. The van der Waals surface area contributed by atoms with Gasteiger partial charge in [-0.1, -0.05) is 6.07 Å². The van der Waals surface area contributed by atoms with Crippen molar-refractivity contribution in [1.82, 2.24) is 4.90 Å². The van der Waals surface area contributed by atoms with Gasteiger partial charge in [0.1, 0.15) is 29.1 Å². The predicted octanol–water partition coefficient (Wildman–Crippen LogP) is 2.02. The highest BCUT2D eigenvalue weighted by molar-refractivity contribution is 5.78. The number of ether oxygens (including phenoxy) is 3. The molecule has 1 aromatic heterocycles. The molecular weight excluding hydrogens is 338 g/mol. The molecule has 0 radical (unpaired) electrons. The molecule has 1 aromatic carbocycles. The SMILES string of the molecule is COc1cccc(OCC(=O)N2CCC(Oc3cc(C)oc(=O)c3)C2)c1.